The van der Waals surface area contributed by atoms with Gasteiger partial charge in [-0.05, 0) is 87.0 Å². The van der Waals surface area contributed by atoms with E-state index in [4.69, 9.17) is 48.4 Å². The van der Waals surface area contributed by atoms with Gasteiger partial charge in [0.2, 0.25) is 41.4 Å². The molecule has 0 bridgehead atoms. The summed E-state index contributed by atoms with van der Waals surface area (Å²) in [6, 6.07) is 10.7. The number of hydrogen-bond acceptors (Lipinski definition) is 25. The third-order valence-electron chi connectivity index (χ3n) is 19.4. The number of methoxy groups -OCH3 is 2. The smallest absolute Gasteiger partial charge is 0.408 e. The van der Waals surface area contributed by atoms with Crippen molar-refractivity contribution in [3.05, 3.63) is 100 Å². The number of alkyl carbamates (subject to hydrolysis) is 1. The topological polar surface area (TPSA) is 455 Å². The fourth-order valence-corrected chi connectivity index (χ4v) is 13.9. The summed E-state index contributed by atoms with van der Waals surface area (Å²) >= 11 is 1.46. The Morgan fingerprint density at radius 1 is 0.690 bits per heavy atom. The summed E-state index contributed by atoms with van der Waals surface area (Å²) in [5, 5.41) is 24.5. The molecule has 10 atom stereocenters. The zero-order valence-electron chi connectivity index (χ0n) is 69.1. The zero-order valence-corrected chi connectivity index (χ0v) is 70.7. The number of ether oxygens (including phenoxy) is 9. The van der Waals surface area contributed by atoms with Crippen LogP contribution in [0, 0.1) is 23.7 Å². The molecule has 1 fully saturated rings. The molecular formula is C79H122N14O21S2. The molecule has 0 spiro atoms. The van der Waals surface area contributed by atoms with Gasteiger partial charge in [-0.25, -0.2) is 33.0 Å². The van der Waals surface area contributed by atoms with Gasteiger partial charge in [-0.3, -0.25) is 38.4 Å². The van der Waals surface area contributed by atoms with E-state index in [9.17, 15) is 56.4 Å². The first-order valence-electron chi connectivity index (χ1n) is 39.2. The summed E-state index contributed by atoms with van der Waals surface area (Å²) in [7, 11) is 1.16. The van der Waals surface area contributed by atoms with Crippen molar-refractivity contribution in [3.8, 4) is 0 Å². The van der Waals surface area contributed by atoms with Gasteiger partial charge < -0.3 is 101 Å². The van der Waals surface area contributed by atoms with Crippen LogP contribution in [0.4, 0.5) is 15.3 Å². The zero-order chi connectivity index (χ0) is 85.3. The summed E-state index contributed by atoms with van der Waals surface area (Å²) in [4.78, 5) is 151. The first kappa shape index (κ1) is 97.7. The van der Waals surface area contributed by atoms with Crippen molar-refractivity contribution < 1.29 is 99.0 Å². The molecule has 0 aliphatic carbocycles. The predicted molar refractivity (Wildman–Crippen MR) is 431 cm³/mol. The lowest BCUT2D eigenvalue weighted by Gasteiger charge is -2.41. The molecule has 37 heteroatoms. The minimum absolute atomic E-state index is 0.0188. The molecule has 1 aliphatic rings. The van der Waals surface area contributed by atoms with Crippen LogP contribution in [0.2, 0.25) is 0 Å². The first-order chi connectivity index (χ1) is 55.3. The average Bonchev–Trinajstić information content (AvgIpc) is 1.13. The molecule has 3 heterocycles. The monoisotopic (exact) mass is 1670 g/mol. The molecular weight excluding hydrogens is 1550 g/mol. The van der Waals surface area contributed by atoms with E-state index in [0.717, 1.165) is 29.2 Å². The van der Waals surface area contributed by atoms with Gasteiger partial charge in [-0.1, -0.05) is 97.4 Å². The molecule has 11 amide bonds. The summed E-state index contributed by atoms with van der Waals surface area (Å²) in [6.07, 6.45) is 5.08. The molecule has 1 saturated heterocycles. The van der Waals surface area contributed by atoms with Crippen molar-refractivity contribution in [2.45, 2.75) is 179 Å². The van der Waals surface area contributed by atoms with Crippen LogP contribution in [0.3, 0.4) is 0 Å². The molecule has 0 saturated carbocycles. The lowest BCUT2D eigenvalue weighted by Crippen LogP contribution is -2.62. The Kier molecular flexibility index (Phi) is 43.2. The van der Waals surface area contributed by atoms with Crippen molar-refractivity contribution >= 4 is 86.2 Å². The lowest BCUT2D eigenvalue weighted by molar-refractivity contribution is -0.148. The van der Waals surface area contributed by atoms with Gasteiger partial charge in [0.15, 0.2) is 14.9 Å². The number of rotatable bonds is 55. The third kappa shape index (κ3) is 34.0. The normalized spacial score (nSPS) is 15.3. The second-order valence-corrected chi connectivity index (χ2v) is 32.3. The van der Waals surface area contributed by atoms with E-state index in [-0.39, 0.29) is 106 Å². The number of nitrogens with two attached hydrogens (primary N) is 1. The van der Waals surface area contributed by atoms with Crippen LogP contribution in [-0.2, 0) is 99.1 Å². The Morgan fingerprint density at radius 3 is 1.84 bits per heavy atom. The highest BCUT2D eigenvalue weighted by Gasteiger charge is 2.44. The molecule has 2 aromatic carbocycles. The van der Waals surface area contributed by atoms with E-state index in [0.29, 0.717) is 96.3 Å². The molecule has 2 aromatic heterocycles. The minimum Gasteiger partial charge on any atom is -0.445 e. The van der Waals surface area contributed by atoms with Gasteiger partial charge in [0.1, 0.15) is 41.0 Å². The number of nitrogens with zero attached hydrogens (tertiary/aromatic N) is 5. The lowest BCUT2D eigenvalue weighted by atomic mass is 9.89. The molecule has 4 aromatic rings. The number of carbonyl (C=O) groups is 10. The van der Waals surface area contributed by atoms with Gasteiger partial charge in [0.05, 0.1) is 134 Å². The Hall–Kier alpha value is -8.92. The predicted octanol–water partition coefficient (Wildman–Crippen LogP) is 4.43. The number of nitrogens with one attached hydrogen (secondary N) is 8. The van der Waals surface area contributed by atoms with E-state index >= 15 is 0 Å². The highest BCUT2D eigenvalue weighted by Crippen LogP contribution is 2.31. The van der Waals surface area contributed by atoms with Crippen LogP contribution in [0.15, 0.2) is 83.6 Å². The number of carbonyl (C=O) groups excluding carboxylic acids is 10. The number of sulfone groups is 1. The largest absolute Gasteiger partial charge is 0.445 e. The van der Waals surface area contributed by atoms with E-state index in [1.165, 1.54) is 32.3 Å². The highest BCUT2D eigenvalue weighted by molar-refractivity contribution is 7.90. The molecule has 0 radical (unpaired) electrons. The van der Waals surface area contributed by atoms with Crippen molar-refractivity contribution in [2.24, 2.45) is 29.4 Å². The van der Waals surface area contributed by atoms with Gasteiger partial charge >= 0.3 is 12.1 Å². The quantitative estimate of drug-likeness (QED) is 0.0276. The third-order valence-corrected chi connectivity index (χ3v) is 21.2. The number of amides is 11. The SMILES string of the molecule is CC[C@H](C)[C@@H]([C@@H](CC(=O)N1CCC[C@H]1[C@H](OC)[C@@H](C)C(=O)N[C@@H](Cc1ccccc1)c1nccs1)OC)N(C)C(=O)[C@@H](NC(=O)C(C)(C)NC(=O)OCc1ccc(NC(=O)[C@H](CCCNC(N)=O)NC(=O)[C@@H](NC(=O)CCOCCOCCOCCOCCOCCOCCNC(=O)c2cnc(S(C)(=O)=O)cn2)C(C)C)cc1)C(C)C. The summed E-state index contributed by atoms with van der Waals surface area (Å²) in [6.45, 7) is 19.5. The van der Waals surface area contributed by atoms with Gasteiger partial charge in [-0.15, -0.1) is 11.3 Å². The molecule has 5 rings (SSSR count). The van der Waals surface area contributed by atoms with Gasteiger partial charge in [0.25, 0.3) is 5.91 Å². The second-order valence-electron chi connectivity index (χ2n) is 29.4. The fourth-order valence-electron chi connectivity index (χ4n) is 12.7. The Morgan fingerprint density at radius 2 is 1.30 bits per heavy atom. The van der Waals surface area contributed by atoms with Crippen LogP contribution < -0.4 is 48.3 Å². The fraction of sp³-hybridized carbons (Fsp3) is 0.633. The maximum absolute atomic E-state index is 14.8. The number of aromatic nitrogens is 3. The molecule has 1 aliphatic heterocycles. The summed E-state index contributed by atoms with van der Waals surface area (Å²) < 4.78 is 73.8. The number of primary amides is 1. The Bertz CT molecular complexity index is 3790. The number of likely N-dealkylation sites (tertiary alicyclic amines) is 1. The van der Waals surface area contributed by atoms with Crippen molar-refractivity contribution in [3.63, 3.8) is 0 Å². The molecule has 646 valence electrons. The van der Waals surface area contributed by atoms with Crippen molar-refractivity contribution in [2.75, 3.05) is 132 Å². The maximum Gasteiger partial charge on any atom is 0.408 e. The number of urea groups is 1. The van der Waals surface area contributed by atoms with Gasteiger partial charge in [-0.2, -0.15) is 0 Å². The first-order valence-corrected chi connectivity index (χ1v) is 42.0. The Labute approximate surface area is 684 Å². The highest BCUT2D eigenvalue weighted by atomic mass is 32.2. The Balaban J connectivity index is 1.01. The van der Waals surface area contributed by atoms with Crippen LogP contribution in [0.25, 0.3) is 0 Å². The van der Waals surface area contributed by atoms with Crippen LogP contribution >= 0.6 is 11.3 Å². The standard InChI is InChI=1S/C79H122N14O21S2/c1-14-53(6)68(62(106-11)47-65(95)93-32-19-23-61(93)69(107-12)54(7)70(96)88-59(74-82-31-45-115-74)46-55-20-16-15-17-21-55)92(10)75(100)67(52(4)5)90-76(101)79(8,9)91-78(103)114-50-56-24-26-57(27-25-56)86-72(98)58(22-18-29-83-77(80)102)87-73(99)66(51(2)3)89-63(94)28-33-108-35-37-110-39-41-112-43-44-113-42-40-111-38-36-109-34-30-81-71(97)60-48-85-64(49-84-60)116(13,104)105/h15-17,20-21,24-27,31,45,48-49,51-54,58-59,61-62,66-69H,14,18-19,22-23,28-30,32-44,46-47,50H2,1-13H3,(H,81,97)(H,86,98)(H,87,99)(H,88,96)(H,89,94)(H,90,101)(H,91,103)(H3,80,83,102)/t53-,54+,58-,59-,61-,62+,66-,67-,68-,69+/m0/s1. The van der Waals surface area contributed by atoms with Crippen LogP contribution in [0.1, 0.15) is 140 Å². The summed E-state index contributed by atoms with van der Waals surface area (Å²) in [5.41, 5.74) is 5.51. The number of anilines is 1. The van der Waals surface area contributed by atoms with Crippen molar-refractivity contribution in [1.82, 2.24) is 62.0 Å². The van der Waals surface area contributed by atoms with E-state index in [1.54, 1.807) is 82.1 Å². The van der Waals surface area contributed by atoms with Crippen molar-refractivity contribution in [1.29, 1.82) is 0 Å². The van der Waals surface area contributed by atoms with Crippen LogP contribution in [0.5, 0.6) is 0 Å². The number of likely N-dealkylation sites (N-methyl/N-ethyl adjacent to an activating group) is 1. The number of thiazole rings is 1. The molecule has 116 heavy (non-hydrogen) atoms. The van der Waals surface area contributed by atoms with Crippen LogP contribution in [-0.4, -0.2) is 267 Å². The van der Waals surface area contributed by atoms with E-state index in [1.807, 2.05) is 56.5 Å². The van der Waals surface area contributed by atoms with Gasteiger partial charge in [0, 0.05) is 70.8 Å². The summed E-state index contributed by atoms with van der Waals surface area (Å²) in [5.74, 6) is -5.42. The maximum atomic E-state index is 14.8. The minimum atomic E-state index is -3.52. The van der Waals surface area contributed by atoms with E-state index < -0.39 is 123 Å². The average molecular weight is 1670 g/mol. The number of hydrogen-bond donors (Lipinski definition) is 9. The molecule has 0 unspecified atom stereocenters. The number of benzene rings is 2. The molecule has 35 nitrogen and oxygen atoms in total. The molecule has 10 N–H and O–H groups in total. The van der Waals surface area contributed by atoms with E-state index in [2.05, 4.69) is 57.5 Å². The second kappa shape index (κ2) is 51.3.